The van der Waals surface area contributed by atoms with Crippen molar-refractivity contribution in [3.8, 4) is 0 Å². The van der Waals surface area contributed by atoms with Gasteiger partial charge in [-0.05, 0) is 44.3 Å². The summed E-state index contributed by atoms with van der Waals surface area (Å²) < 4.78 is 6.05. The van der Waals surface area contributed by atoms with Crippen LogP contribution in [0.3, 0.4) is 0 Å². The first-order valence-corrected chi connectivity index (χ1v) is 10.3. The van der Waals surface area contributed by atoms with Crippen LogP contribution in [0.25, 0.3) is 0 Å². The molecule has 2 saturated heterocycles. The van der Waals surface area contributed by atoms with Crippen molar-refractivity contribution in [2.24, 2.45) is 0 Å². The van der Waals surface area contributed by atoms with Crippen LogP contribution in [0.15, 0.2) is 40.9 Å². The molecule has 27 heavy (non-hydrogen) atoms. The van der Waals surface area contributed by atoms with Gasteiger partial charge in [0.1, 0.15) is 5.76 Å². The van der Waals surface area contributed by atoms with Gasteiger partial charge in [0, 0.05) is 19.5 Å². The fraction of sp³-hybridized carbons (Fsp3) is 0.545. The van der Waals surface area contributed by atoms with Gasteiger partial charge >= 0.3 is 0 Å². The van der Waals surface area contributed by atoms with Crippen LogP contribution >= 0.6 is 0 Å². The summed E-state index contributed by atoms with van der Waals surface area (Å²) in [5.41, 5.74) is 1.22. The van der Waals surface area contributed by atoms with E-state index in [1.165, 1.54) is 24.8 Å². The highest BCUT2D eigenvalue weighted by molar-refractivity contribution is 5.78. The van der Waals surface area contributed by atoms with Crippen LogP contribution < -0.4 is 0 Å². The molecule has 0 spiro atoms. The Labute approximate surface area is 161 Å². The van der Waals surface area contributed by atoms with Crippen molar-refractivity contribution in [3.63, 3.8) is 0 Å². The van der Waals surface area contributed by atoms with E-state index in [-0.39, 0.29) is 11.8 Å². The van der Waals surface area contributed by atoms with Crippen LogP contribution in [-0.4, -0.2) is 53.4 Å². The van der Waals surface area contributed by atoms with Crippen LogP contribution in [0.5, 0.6) is 0 Å². The summed E-state index contributed by atoms with van der Waals surface area (Å²) in [5, 5.41) is 0. The first-order chi connectivity index (χ1) is 13.3. The molecule has 2 aliphatic rings. The highest BCUT2D eigenvalue weighted by Crippen LogP contribution is 2.27. The maximum Gasteiger partial charge on any atom is 0.236 e. The fourth-order valence-corrected chi connectivity index (χ4v) is 4.20. The fourth-order valence-electron chi connectivity index (χ4n) is 4.20. The molecule has 0 aliphatic carbocycles. The molecule has 0 N–H and O–H groups in total. The summed E-state index contributed by atoms with van der Waals surface area (Å²) in [5.74, 6) is 2.16. The monoisotopic (exact) mass is 367 g/mol. The lowest BCUT2D eigenvalue weighted by atomic mass is 9.98. The Morgan fingerprint density at radius 1 is 1.07 bits per heavy atom. The zero-order chi connectivity index (χ0) is 18.5. The normalized spacial score (nSPS) is 21.3. The van der Waals surface area contributed by atoms with Gasteiger partial charge < -0.3 is 9.32 Å². The minimum absolute atomic E-state index is 0.216. The van der Waals surface area contributed by atoms with Crippen LogP contribution in [-0.2, 0) is 11.2 Å². The Morgan fingerprint density at radius 3 is 2.70 bits per heavy atom. The number of rotatable bonds is 5. The number of hydrogen-bond donors (Lipinski definition) is 0. The van der Waals surface area contributed by atoms with Crippen LogP contribution in [0.1, 0.15) is 55.2 Å². The van der Waals surface area contributed by atoms with E-state index < -0.39 is 0 Å². The number of benzene rings is 1. The van der Waals surface area contributed by atoms with Gasteiger partial charge in [-0.2, -0.15) is 0 Å². The van der Waals surface area contributed by atoms with Crippen LogP contribution in [0.4, 0.5) is 0 Å². The SMILES string of the molecule is O=C(CN1CCCCC1)N1CCCC(c2ncc(Cc3ccccc3)o2)C1. The minimum atomic E-state index is 0.216. The lowest BCUT2D eigenvalue weighted by Crippen LogP contribution is -2.45. The molecule has 0 saturated carbocycles. The van der Waals surface area contributed by atoms with Gasteiger partial charge in [0.2, 0.25) is 5.91 Å². The molecular weight excluding hydrogens is 338 g/mol. The summed E-state index contributed by atoms with van der Waals surface area (Å²) in [7, 11) is 0. The van der Waals surface area contributed by atoms with Crippen molar-refractivity contribution in [2.45, 2.75) is 44.4 Å². The third-order valence-electron chi connectivity index (χ3n) is 5.72. The molecule has 1 aromatic carbocycles. The van der Waals surface area contributed by atoms with E-state index in [4.69, 9.17) is 4.42 Å². The van der Waals surface area contributed by atoms with E-state index in [1.54, 1.807) is 0 Å². The van der Waals surface area contributed by atoms with E-state index in [9.17, 15) is 4.79 Å². The van der Waals surface area contributed by atoms with Gasteiger partial charge in [-0.25, -0.2) is 4.98 Å². The maximum atomic E-state index is 12.7. The zero-order valence-electron chi connectivity index (χ0n) is 16.0. The maximum absolute atomic E-state index is 12.7. The van der Waals surface area contributed by atoms with Crippen LogP contribution in [0, 0.1) is 0 Å². The molecule has 1 aromatic heterocycles. The highest BCUT2D eigenvalue weighted by atomic mass is 16.4. The van der Waals surface area contributed by atoms with Gasteiger partial charge in [0.05, 0.1) is 18.7 Å². The number of oxazole rings is 1. The van der Waals surface area contributed by atoms with E-state index in [0.717, 1.165) is 57.1 Å². The molecule has 5 heteroatoms. The van der Waals surface area contributed by atoms with Crippen molar-refractivity contribution >= 4 is 5.91 Å². The molecule has 2 fully saturated rings. The molecule has 2 aliphatic heterocycles. The molecule has 3 heterocycles. The number of amides is 1. The Balaban J connectivity index is 1.34. The number of hydrogen-bond acceptors (Lipinski definition) is 4. The topological polar surface area (TPSA) is 49.6 Å². The van der Waals surface area contributed by atoms with Gasteiger partial charge in [-0.15, -0.1) is 0 Å². The quantitative estimate of drug-likeness (QED) is 0.812. The van der Waals surface area contributed by atoms with Gasteiger partial charge in [-0.1, -0.05) is 36.8 Å². The van der Waals surface area contributed by atoms with Gasteiger partial charge in [0.25, 0.3) is 0 Å². The Bertz CT molecular complexity index is 737. The minimum Gasteiger partial charge on any atom is -0.445 e. The summed E-state index contributed by atoms with van der Waals surface area (Å²) in [6.07, 6.45) is 8.40. The summed E-state index contributed by atoms with van der Waals surface area (Å²) >= 11 is 0. The summed E-state index contributed by atoms with van der Waals surface area (Å²) in [6.45, 7) is 4.29. The predicted octanol–water partition coefficient (Wildman–Crippen LogP) is 3.46. The highest BCUT2D eigenvalue weighted by Gasteiger charge is 2.28. The number of carbonyl (C=O) groups excluding carboxylic acids is 1. The van der Waals surface area contributed by atoms with Gasteiger partial charge in [0.15, 0.2) is 5.89 Å². The second kappa shape index (κ2) is 8.70. The Hall–Kier alpha value is -2.14. The molecule has 2 aromatic rings. The van der Waals surface area contributed by atoms with Crippen molar-refractivity contribution < 1.29 is 9.21 Å². The van der Waals surface area contributed by atoms with E-state index >= 15 is 0 Å². The standard InChI is InChI=1S/C22H29N3O2/c26-21(17-24-11-5-2-6-12-24)25-13-7-10-19(16-25)22-23-15-20(27-22)14-18-8-3-1-4-9-18/h1,3-4,8-9,15,19H,2,5-7,10-14,16-17H2. The largest absolute Gasteiger partial charge is 0.445 e. The number of carbonyl (C=O) groups is 1. The van der Waals surface area contributed by atoms with E-state index in [1.807, 2.05) is 29.3 Å². The second-order valence-electron chi connectivity index (χ2n) is 7.84. The molecule has 1 unspecified atom stereocenters. The third-order valence-corrected chi connectivity index (χ3v) is 5.72. The lowest BCUT2D eigenvalue weighted by Gasteiger charge is -2.34. The third kappa shape index (κ3) is 4.78. The summed E-state index contributed by atoms with van der Waals surface area (Å²) in [4.78, 5) is 21.6. The molecule has 4 rings (SSSR count). The average molecular weight is 367 g/mol. The van der Waals surface area contributed by atoms with Crippen molar-refractivity contribution in [2.75, 3.05) is 32.7 Å². The molecule has 1 atom stereocenters. The number of aromatic nitrogens is 1. The van der Waals surface area contributed by atoms with Crippen molar-refractivity contribution in [1.82, 2.24) is 14.8 Å². The molecule has 144 valence electrons. The lowest BCUT2D eigenvalue weighted by molar-refractivity contribution is -0.134. The number of likely N-dealkylation sites (tertiary alicyclic amines) is 2. The molecule has 1 amide bonds. The molecular formula is C22H29N3O2. The zero-order valence-corrected chi connectivity index (χ0v) is 16.0. The molecule has 0 bridgehead atoms. The Kier molecular flexibility index (Phi) is 5.87. The number of piperidine rings is 2. The smallest absolute Gasteiger partial charge is 0.236 e. The summed E-state index contributed by atoms with van der Waals surface area (Å²) in [6, 6.07) is 10.3. The van der Waals surface area contributed by atoms with Crippen LogP contribution in [0.2, 0.25) is 0 Å². The first-order valence-electron chi connectivity index (χ1n) is 10.3. The van der Waals surface area contributed by atoms with Crippen molar-refractivity contribution in [1.29, 1.82) is 0 Å². The molecule has 0 radical (unpaired) electrons. The average Bonchev–Trinajstić information content (AvgIpc) is 3.18. The molecule has 5 nitrogen and oxygen atoms in total. The van der Waals surface area contributed by atoms with E-state index in [0.29, 0.717) is 6.54 Å². The Morgan fingerprint density at radius 2 is 1.89 bits per heavy atom. The van der Waals surface area contributed by atoms with Gasteiger partial charge in [-0.3, -0.25) is 9.69 Å². The second-order valence-corrected chi connectivity index (χ2v) is 7.84. The van der Waals surface area contributed by atoms with E-state index in [2.05, 4.69) is 22.0 Å². The first kappa shape index (κ1) is 18.2. The van der Waals surface area contributed by atoms with Crippen molar-refractivity contribution in [3.05, 3.63) is 53.7 Å². The number of nitrogens with zero attached hydrogens (tertiary/aromatic N) is 3. The predicted molar refractivity (Wildman–Crippen MR) is 105 cm³/mol.